The Hall–Kier alpha value is -0.920. The van der Waals surface area contributed by atoms with Crippen molar-refractivity contribution in [3.8, 4) is 0 Å². The van der Waals surface area contributed by atoms with Crippen molar-refractivity contribution in [1.82, 2.24) is 4.72 Å². The maximum absolute atomic E-state index is 12.9. The predicted octanol–water partition coefficient (Wildman–Crippen LogP) is 3.75. The van der Waals surface area contributed by atoms with Crippen molar-refractivity contribution in [3.05, 3.63) is 24.3 Å². The second-order valence-corrected chi connectivity index (χ2v) is 12.2. The molecule has 7 heteroatoms. The summed E-state index contributed by atoms with van der Waals surface area (Å²) < 4.78 is 53.4. The number of hydrogen-bond donors (Lipinski definition) is 1. The average molecular weight is 414 g/mol. The van der Waals surface area contributed by atoms with Gasteiger partial charge in [-0.2, -0.15) is 0 Å². The molecule has 2 saturated carbocycles. The molecule has 0 bridgehead atoms. The van der Waals surface area contributed by atoms with E-state index in [9.17, 15) is 16.8 Å². The third-order valence-electron chi connectivity index (χ3n) is 6.36. The van der Waals surface area contributed by atoms with Gasteiger partial charge >= 0.3 is 0 Å². The minimum atomic E-state index is -3.60. The smallest absolute Gasteiger partial charge is 0.224 e. The molecule has 0 saturated heterocycles. The molecular formula is C20H31NO4S2. The van der Waals surface area contributed by atoms with Crippen LogP contribution in [-0.2, 0) is 19.9 Å². The fraction of sp³-hybridized carbons (Fsp3) is 0.700. The number of nitrogens with one attached hydrogen (secondary N) is 1. The quantitative estimate of drug-likeness (QED) is 0.770. The van der Waals surface area contributed by atoms with Crippen LogP contribution >= 0.6 is 0 Å². The Bertz CT molecular complexity index is 830. The van der Waals surface area contributed by atoms with Gasteiger partial charge in [0.1, 0.15) is 0 Å². The molecule has 5 nitrogen and oxygen atoms in total. The summed E-state index contributed by atoms with van der Waals surface area (Å²) in [5, 5.41) is 0. The first-order chi connectivity index (χ1) is 12.7. The van der Waals surface area contributed by atoms with Gasteiger partial charge in [-0.1, -0.05) is 46.0 Å². The van der Waals surface area contributed by atoms with E-state index in [0.29, 0.717) is 11.8 Å². The Labute approximate surface area is 163 Å². The molecule has 152 valence electrons. The number of benzene rings is 1. The molecule has 0 heterocycles. The minimum Gasteiger partial charge on any atom is -0.224 e. The number of rotatable bonds is 6. The van der Waals surface area contributed by atoms with Gasteiger partial charge in [-0.3, -0.25) is 0 Å². The fourth-order valence-electron chi connectivity index (χ4n) is 4.59. The number of sulfonamides is 1. The van der Waals surface area contributed by atoms with Crippen LogP contribution in [0.4, 0.5) is 0 Å². The molecule has 1 N–H and O–H groups in total. The van der Waals surface area contributed by atoms with E-state index in [1.807, 2.05) is 0 Å². The van der Waals surface area contributed by atoms with Gasteiger partial charge in [-0.15, -0.1) is 0 Å². The molecule has 0 radical (unpaired) electrons. The molecule has 2 atom stereocenters. The Morgan fingerprint density at radius 3 is 1.89 bits per heavy atom. The van der Waals surface area contributed by atoms with Gasteiger partial charge in [0, 0.05) is 6.04 Å². The molecule has 0 aliphatic heterocycles. The molecule has 27 heavy (non-hydrogen) atoms. The molecule has 3 rings (SSSR count). The monoisotopic (exact) mass is 413 g/mol. The fourth-order valence-corrected chi connectivity index (χ4v) is 7.80. The highest BCUT2D eigenvalue weighted by Gasteiger charge is 2.32. The molecule has 0 spiro atoms. The van der Waals surface area contributed by atoms with Crippen molar-refractivity contribution in [2.75, 3.05) is 5.75 Å². The largest absolute Gasteiger partial charge is 0.240 e. The van der Waals surface area contributed by atoms with Gasteiger partial charge in [0.05, 0.1) is 15.5 Å². The lowest BCUT2D eigenvalue weighted by Crippen LogP contribution is -2.32. The highest BCUT2D eigenvalue weighted by atomic mass is 32.2. The predicted molar refractivity (Wildman–Crippen MR) is 107 cm³/mol. The molecule has 1 aromatic carbocycles. The maximum atomic E-state index is 12.9. The molecule has 2 aliphatic rings. The van der Waals surface area contributed by atoms with E-state index in [-0.39, 0.29) is 27.5 Å². The summed E-state index contributed by atoms with van der Waals surface area (Å²) >= 11 is 0. The standard InChI is InChI=1S/C20H31NO4S2/c1-15-6-5-7-16(2)20(15)14-26(22,23)18-10-12-19(13-11-18)27(24,25)21-17-8-3-4-9-17/h10-13,15-17,20-21H,3-9,14H2,1-2H3. The van der Waals surface area contributed by atoms with Crippen LogP contribution in [0.5, 0.6) is 0 Å². The third kappa shape index (κ3) is 4.93. The van der Waals surface area contributed by atoms with E-state index in [1.165, 1.54) is 30.7 Å². The summed E-state index contributed by atoms with van der Waals surface area (Å²) in [6, 6.07) is 5.70. The first-order valence-electron chi connectivity index (χ1n) is 10.0. The van der Waals surface area contributed by atoms with Gasteiger partial charge in [-0.25, -0.2) is 21.6 Å². The van der Waals surface area contributed by atoms with Crippen LogP contribution in [0.15, 0.2) is 34.1 Å². The van der Waals surface area contributed by atoms with Crippen LogP contribution in [0.25, 0.3) is 0 Å². The summed E-state index contributed by atoms with van der Waals surface area (Å²) in [6.07, 6.45) is 7.14. The topological polar surface area (TPSA) is 80.3 Å². The van der Waals surface area contributed by atoms with Gasteiger partial charge in [0.25, 0.3) is 0 Å². The van der Waals surface area contributed by atoms with E-state index in [1.54, 1.807) is 0 Å². The SMILES string of the molecule is CC1CCCC(C)C1CS(=O)(=O)c1ccc(S(=O)(=O)NC2CCCC2)cc1. The zero-order valence-electron chi connectivity index (χ0n) is 16.2. The molecule has 1 aromatic rings. The Balaban J connectivity index is 1.73. The second-order valence-electron chi connectivity index (χ2n) is 8.40. The Morgan fingerprint density at radius 1 is 0.815 bits per heavy atom. The van der Waals surface area contributed by atoms with Crippen molar-refractivity contribution in [2.24, 2.45) is 17.8 Å². The summed E-state index contributed by atoms with van der Waals surface area (Å²) in [6.45, 7) is 4.28. The molecular weight excluding hydrogens is 382 g/mol. The normalized spacial score (nSPS) is 27.7. The van der Waals surface area contributed by atoms with E-state index in [4.69, 9.17) is 0 Å². The molecule has 0 amide bonds. The first-order valence-corrected chi connectivity index (χ1v) is 13.2. The maximum Gasteiger partial charge on any atom is 0.240 e. The van der Waals surface area contributed by atoms with E-state index >= 15 is 0 Å². The summed E-state index contributed by atoms with van der Waals surface area (Å²) in [7, 11) is -7.02. The Kier molecular flexibility index (Phi) is 6.33. The van der Waals surface area contributed by atoms with Crippen molar-refractivity contribution in [1.29, 1.82) is 0 Å². The lowest BCUT2D eigenvalue weighted by Gasteiger charge is -2.34. The van der Waals surface area contributed by atoms with Crippen molar-refractivity contribution in [2.45, 2.75) is 74.6 Å². The van der Waals surface area contributed by atoms with Crippen LogP contribution in [-0.4, -0.2) is 28.6 Å². The van der Waals surface area contributed by atoms with Crippen LogP contribution in [0.2, 0.25) is 0 Å². The van der Waals surface area contributed by atoms with Crippen molar-refractivity contribution >= 4 is 19.9 Å². The first kappa shape index (κ1) is 20.8. The molecule has 0 aromatic heterocycles. The average Bonchev–Trinajstić information content (AvgIpc) is 3.11. The van der Waals surface area contributed by atoms with Crippen molar-refractivity contribution in [3.63, 3.8) is 0 Å². The second kappa shape index (κ2) is 8.21. The lowest BCUT2D eigenvalue weighted by atomic mass is 9.75. The highest BCUT2D eigenvalue weighted by Crippen LogP contribution is 2.36. The highest BCUT2D eigenvalue weighted by molar-refractivity contribution is 7.91. The molecule has 2 unspecified atom stereocenters. The minimum absolute atomic E-state index is 0.00677. The van der Waals surface area contributed by atoms with Gasteiger partial charge in [-0.05, 0) is 54.9 Å². The van der Waals surface area contributed by atoms with Crippen LogP contribution < -0.4 is 4.72 Å². The van der Waals surface area contributed by atoms with Crippen LogP contribution in [0, 0.1) is 17.8 Å². The van der Waals surface area contributed by atoms with Crippen molar-refractivity contribution < 1.29 is 16.8 Å². The van der Waals surface area contributed by atoms with Crippen LogP contribution in [0.3, 0.4) is 0 Å². The number of hydrogen-bond acceptors (Lipinski definition) is 4. The summed E-state index contributed by atoms with van der Waals surface area (Å²) in [5.74, 6) is 1.11. The number of sulfone groups is 1. The van der Waals surface area contributed by atoms with Gasteiger partial charge in [0.2, 0.25) is 10.0 Å². The van der Waals surface area contributed by atoms with E-state index in [0.717, 1.165) is 38.5 Å². The Morgan fingerprint density at radius 2 is 1.33 bits per heavy atom. The van der Waals surface area contributed by atoms with E-state index < -0.39 is 19.9 Å². The molecule has 2 fully saturated rings. The summed E-state index contributed by atoms with van der Waals surface area (Å²) in [5.41, 5.74) is 0. The van der Waals surface area contributed by atoms with E-state index in [2.05, 4.69) is 18.6 Å². The van der Waals surface area contributed by atoms with Crippen LogP contribution in [0.1, 0.15) is 58.8 Å². The van der Waals surface area contributed by atoms with Gasteiger partial charge in [0.15, 0.2) is 9.84 Å². The third-order valence-corrected chi connectivity index (χ3v) is 9.71. The zero-order chi connectivity index (χ0) is 19.7. The van der Waals surface area contributed by atoms with Gasteiger partial charge < -0.3 is 0 Å². The molecule has 2 aliphatic carbocycles. The zero-order valence-corrected chi connectivity index (χ0v) is 17.9. The lowest BCUT2D eigenvalue weighted by molar-refractivity contribution is 0.199. The summed E-state index contributed by atoms with van der Waals surface area (Å²) in [4.78, 5) is 0.347.